The molecule has 0 radical (unpaired) electrons. The number of carbonyl (C=O) groups is 2. The highest BCUT2D eigenvalue weighted by atomic mass is 35.5. The molecule has 2 aliphatic heterocycles. The molecule has 2 amide bonds. The number of amides is 2. The Morgan fingerprint density at radius 2 is 1.88 bits per heavy atom. The van der Waals surface area contributed by atoms with Crippen LogP contribution in [0.4, 0.5) is 22.0 Å². The maximum atomic E-state index is 14.2. The van der Waals surface area contributed by atoms with Gasteiger partial charge in [-0.05, 0) is 49.4 Å². The number of hydrogen-bond acceptors (Lipinski definition) is 4. The number of nitriles is 1. The van der Waals surface area contributed by atoms with Crippen LogP contribution in [0.5, 0.6) is 0 Å². The van der Waals surface area contributed by atoms with Crippen molar-refractivity contribution in [3.63, 3.8) is 0 Å². The van der Waals surface area contributed by atoms with Crippen molar-refractivity contribution in [3.8, 4) is 17.5 Å². The molecule has 0 spiro atoms. The van der Waals surface area contributed by atoms with Crippen LogP contribution in [0.2, 0.25) is 5.02 Å². The Hall–Kier alpha value is -4.83. The SMILES string of the molecule is C[C@H]1CC(=O)N=c2n(C)c3c(C#N)/c(=C(/O)c4cc(F)ccc4Cl)c(=NC(=O)c4cc(F)cc(C(F)(F)F)c4)cc-3n21. The fourth-order valence-corrected chi connectivity index (χ4v) is 5.11. The minimum atomic E-state index is -4.97. The summed E-state index contributed by atoms with van der Waals surface area (Å²) in [5, 5.41) is 20.7. The molecule has 1 atom stereocenters. The number of fused-ring (bicyclic) bond motifs is 3. The van der Waals surface area contributed by atoms with Gasteiger partial charge < -0.3 is 14.2 Å². The van der Waals surface area contributed by atoms with Gasteiger partial charge in [-0.25, -0.2) is 13.8 Å². The van der Waals surface area contributed by atoms with Crippen molar-refractivity contribution in [2.45, 2.75) is 25.6 Å². The van der Waals surface area contributed by atoms with E-state index in [1.54, 1.807) is 11.5 Å². The van der Waals surface area contributed by atoms with Crippen LogP contribution < -0.4 is 16.2 Å². The summed E-state index contributed by atoms with van der Waals surface area (Å²) in [4.78, 5) is 33.3. The molecule has 14 heteroatoms. The normalized spacial score (nSPS) is 16.2. The van der Waals surface area contributed by atoms with E-state index < -0.39 is 63.1 Å². The van der Waals surface area contributed by atoms with Crippen molar-refractivity contribution < 1.29 is 36.6 Å². The molecule has 2 aromatic carbocycles. The minimum absolute atomic E-state index is 0.00557. The number of aliphatic hydroxyl groups excluding tert-OH is 1. The zero-order valence-corrected chi connectivity index (χ0v) is 22.3. The molecule has 0 fully saturated rings. The highest BCUT2D eigenvalue weighted by Crippen LogP contribution is 2.31. The third-order valence-corrected chi connectivity index (χ3v) is 7.06. The molecular formula is C28H17ClF5N5O3. The lowest BCUT2D eigenvalue weighted by molar-refractivity contribution is -0.137. The Balaban J connectivity index is 1.96. The first-order valence-electron chi connectivity index (χ1n) is 12.1. The van der Waals surface area contributed by atoms with E-state index in [1.165, 1.54) is 17.7 Å². The topological polar surface area (TPSA) is 113 Å². The summed E-state index contributed by atoms with van der Waals surface area (Å²) in [5.41, 5.74) is -2.20. The van der Waals surface area contributed by atoms with Gasteiger partial charge in [-0.15, -0.1) is 0 Å². The molecule has 2 heterocycles. The number of halogens is 6. The van der Waals surface area contributed by atoms with Gasteiger partial charge in [0.05, 0.1) is 38.1 Å². The van der Waals surface area contributed by atoms with Crippen molar-refractivity contribution in [3.05, 3.63) is 97.6 Å². The zero-order chi connectivity index (χ0) is 30.7. The molecule has 2 aromatic rings. The van der Waals surface area contributed by atoms with Crippen LogP contribution in [0.15, 0.2) is 52.4 Å². The Bertz CT molecular complexity index is 2040. The summed E-state index contributed by atoms with van der Waals surface area (Å²) in [6.07, 6.45) is -4.96. The summed E-state index contributed by atoms with van der Waals surface area (Å²) in [7, 11) is 1.51. The highest BCUT2D eigenvalue weighted by molar-refractivity contribution is 6.32. The van der Waals surface area contributed by atoms with Crippen molar-refractivity contribution in [2.24, 2.45) is 17.0 Å². The lowest BCUT2D eigenvalue weighted by Gasteiger charge is -2.17. The first-order chi connectivity index (χ1) is 19.7. The van der Waals surface area contributed by atoms with Gasteiger partial charge in [0, 0.05) is 30.6 Å². The molecule has 0 aromatic heterocycles. The molecule has 3 aliphatic rings. The molecule has 0 unspecified atom stereocenters. The van der Waals surface area contributed by atoms with Crippen LogP contribution in [-0.2, 0) is 18.0 Å². The molecule has 1 N–H and O–H groups in total. The molecule has 214 valence electrons. The number of imidazole rings is 1. The molecular weight excluding hydrogens is 585 g/mol. The van der Waals surface area contributed by atoms with Gasteiger partial charge in [0.2, 0.25) is 5.62 Å². The molecule has 0 saturated heterocycles. The van der Waals surface area contributed by atoms with E-state index in [4.69, 9.17) is 11.6 Å². The summed E-state index contributed by atoms with van der Waals surface area (Å²) >= 11 is 6.20. The lowest BCUT2D eigenvalue weighted by Crippen LogP contribution is -2.34. The van der Waals surface area contributed by atoms with Crippen LogP contribution in [0.25, 0.3) is 17.1 Å². The number of nitrogens with zero attached hydrogens (tertiary/aromatic N) is 5. The second-order valence-corrected chi connectivity index (χ2v) is 9.94. The van der Waals surface area contributed by atoms with E-state index >= 15 is 0 Å². The van der Waals surface area contributed by atoms with Crippen molar-refractivity contribution in [1.82, 2.24) is 9.13 Å². The standard InChI is InChI=1S/C28H17ClF5N5O3/c1-12-5-22(40)37-27-38(2)24-18(11-35)23(25(41)17-9-15(30)3-4-19(17)29)20(10-21(24)39(12)27)36-26(42)13-6-14(28(32,33)34)8-16(31)7-13/h3-4,6-10,12,41H,5H2,1-2H3/b25-23-,36-20?/t12-/m0/s1. The zero-order valence-electron chi connectivity index (χ0n) is 21.6. The van der Waals surface area contributed by atoms with Crippen molar-refractivity contribution in [2.75, 3.05) is 0 Å². The van der Waals surface area contributed by atoms with E-state index in [2.05, 4.69) is 9.98 Å². The minimum Gasteiger partial charge on any atom is -0.507 e. The lowest BCUT2D eigenvalue weighted by atomic mass is 10.0. The molecule has 0 saturated carbocycles. The molecule has 42 heavy (non-hydrogen) atoms. The summed E-state index contributed by atoms with van der Waals surface area (Å²) in [6.45, 7) is 1.71. The Morgan fingerprint density at radius 3 is 2.55 bits per heavy atom. The van der Waals surface area contributed by atoms with Gasteiger partial charge in [-0.3, -0.25) is 9.59 Å². The number of hydrogen-bond donors (Lipinski definition) is 1. The first kappa shape index (κ1) is 28.7. The third kappa shape index (κ3) is 4.83. The van der Waals surface area contributed by atoms with Gasteiger partial charge >= 0.3 is 6.18 Å². The monoisotopic (exact) mass is 601 g/mol. The number of carbonyl (C=O) groups excluding carboxylic acids is 2. The second-order valence-electron chi connectivity index (χ2n) is 9.53. The second kappa shape index (κ2) is 10.2. The number of aromatic nitrogens is 2. The maximum absolute atomic E-state index is 14.2. The number of aliphatic hydroxyl groups is 1. The smallest absolute Gasteiger partial charge is 0.416 e. The molecule has 1 aliphatic carbocycles. The van der Waals surface area contributed by atoms with E-state index in [0.29, 0.717) is 12.1 Å². The van der Waals surface area contributed by atoms with Crippen LogP contribution in [0.1, 0.15) is 46.4 Å². The predicted octanol–water partition coefficient (Wildman–Crippen LogP) is 4.32. The first-order valence-corrected chi connectivity index (χ1v) is 12.5. The van der Waals surface area contributed by atoms with Gasteiger partial charge in [-0.2, -0.15) is 23.4 Å². The number of benzene rings is 3. The average Bonchev–Trinajstić information content (AvgIpc) is 3.19. The van der Waals surface area contributed by atoms with Crippen LogP contribution >= 0.6 is 11.6 Å². The van der Waals surface area contributed by atoms with Gasteiger partial charge in [0.15, 0.2) is 0 Å². The third-order valence-electron chi connectivity index (χ3n) is 6.73. The van der Waals surface area contributed by atoms with Gasteiger partial charge in [0.1, 0.15) is 23.5 Å². The van der Waals surface area contributed by atoms with E-state index in [1.807, 2.05) is 6.07 Å². The Morgan fingerprint density at radius 1 is 1.17 bits per heavy atom. The summed E-state index contributed by atoms with van der Waals surface area (Å²) in [5.74, 6) is -4.67. The number of rotatable bonds is 2. The fourth-order valence-electron chi connectivity index (χ4n) is 4.90. The number of alkyl halides is 3. The van der Waals surface area contributed by atoms with Crippen LogP contribution in [0, 0.1) is 23.0 Å². The summed E-state index contributed by atoms with van der Waals surface area (Å²) < 4.78 is 71.2. The Kier molecular flexibility index (Phi) is 6.98. The van der Waals surface area contributed by atoms with Crippen molar-refractivity contribution in [1.29, 1.82) is 5.26 Å². The fraction of sp³-hybridized carbons (Fsp3) is 0.179. The average molecular weight is 602 g/mol. The molecule has 8 nitrogen and oxygen atoms in total. The largest absolute Gasteiger partial charge is 0.507 e. The predicted molar refractivity (Wildman–Crippen MR) is 138 cm³/mol. The van der Waals surface area contributed by atoms with Crippen molar-refractivity contribution >= 4 is 29.2 Å². The molecule has 5 rings (SSSR count). The van der Waals surface area contributed by atoms with E-state index in [-0.39, 0.29) is 45.6 Å². The van der Waals surface area contributed by atoms with Crippen LogP contribution in [0.3, 0.4) is 0 Å². The van der Waals surface area contributed by atoms with E-state index in [9.17, 15) is 41.9 Å². The quantitative estimate of drug-likeness (QED) is 0.345. The van der Waals surface area contributed by atoms with Gasteiger partial charge in [-0.1, -0.05) is 11.6 Å². The molecule has 0 bridgehead atoms. The highest BCUT2D eigenvalue weighted by Gasteiger charge is 2.32. The van der Waals surface area contributed by atoms with Gasteiger partial charge in [0.25, 0.3) is 11.8 Å². The Labute approximate surface area is 237 Å². The van der Waals surface area contributed by atoms with Crippen LogP contribution in [-0.4, -0.2) is 26.1 Å². The maximum Gasteiger partial charge on any atom is 0.416 e. The summed E-state index contributed by atoms with van der Waals surface area (Å²) in [6, 6.07) is 6.95. The van der Waals surface area contributed by atoms with E-state index in [0.717, 1.165) is 18.2 Å².